The Morgan fingerprint density at radius 1 is 1.11 bits per heavy atom. The van der Waals surface area contributed by atoms with Crippen LogP contribution in [0.2, 0.25) is 0 Å². The number of fused-ring (bicyclic) bond motifs is 1. The zero-order valence-electron chi connectivity index (χ0n) is 16.5. The molecule has 0 spiro atoms. The molecule has 2 rings (SSSR count). The molecule has 2 aromatic heterocycles. The van der Waals surface area contributed by atoms with Gasteiger partial charge in [-0.1, -0.05) is 19.1 Å². The number of nitrogens with zero attached hydrogens (tertiary/aromatic N) is 4. The van der Waals surface area contributed by atoms with Crippen molar-refractivity contribution < 1.29 is 19.1 Å². The smallest absolute Gasteiger partial charge is 0.320 e. The first-order valence-electron chi connectivity index (χ1n) is 9.39. The van der Waals surface area contributed by atoms with Crippen LogP contribution in [0.25, 0.3) is 11.2 Å². The highest BCUT2D eigenvalue weighted by Crippen LogP contribution is 2.23. The van der Waals surface area contributed by atoms with Crippen molar-refractivity contribution in [3.8, 4) is 0 Å². The molecule has 0 atom stereocenters. The number of esters is 2. The Morgan fingerprint density at radius 2 is 1.82 bits per heavy atom. The predicted octanol–water partition coefficient (Wildman–Crippen LogP) is 3.02. The van der Waals surface area contributed by atoms with Crippen molar-refractivity contribution in [2.45, 2.75) is 45.2 Å². The molecular weight excluding hydrogens is 380 g/mol. The van der Waals surface area contributed by atoms with Crippen molar-refractivity contribution in [3.63, 3.8) is 0 Å². The van der Waals surface area contributed by atoms with Crippen LogP contribution in [-0.2, 0) is 25.6 Å². The summed E-state index contributed by atoms with van der Waals surface area (Å²) in [5.74, 6) is -1.11. The molecule has 0 aromatic carbocycles. The van der Waals surface area contributed by atoms with E-state index in [2.05, 4.69) is 21.9 Å². The normalized spacial score (nSPS) is 11.4. The Labute approximate surface area is 168 Å². The summed E-state index contributed by atoms with van der Waals surface area (Å²) in [6, 6.07) is 0. The van der Waals surface area contributed by atoms with Gasteiger partial charge in [-0.2, -0.15) is 0 Å². The van der Waals surface area contributed by atoms with Crippen LogP contribution in [0.15, 0.2) is 29.8 Å². The fraction of sp³-hybridized carbons (Fsp3) is 0.526. The lowest BCUT2D eigenvalue weighted by atomic mass is 10.1. The third-order valence-electron chi connectivity index (χ3n) is 3.79. The molecule has 0 aliphatic rings. The number of hydrogen-bond donors (Lipinski definition) is 0. The quantitative estimate of drug-likeness (QED) is 0.185. The highest BCUT2D eigenvalue weighted by molar-refractivity contribution is 7.99. The maximum Gasteiger partial charge on any atom is 0.320 e. The number of rotatable bonds is 11. The second-order valence-corrected chi connectivity index (χ2v) is 6.94. The van der Waals surface area contributed by atoms with Crippen LogP contribution in [0.1, 0.15) is 33.6 Å². The molecule has 9 heteroatoms. The molecule has 2 heterocycles. The van der Waals surface area contributed by atoms with Crippen LogP contribution >= 0.6 is 11.8 Å². The second kappa shape index (κ2) is 11.4. The minimum absolute atomic E-state index is 0.219. The summed E-state index contributed by atoms with van der Waals surface area (Å²) in [5, 5.41) is 0.874. The number of hydrogen-bond acceptors (Lipinski definition) is 8. The third kappa shape index (κ3) is 5.79. The zero-order chi connectivity index (χ0) is 20.4. The van der Waals surface area contributed by atoms with Gasteiger partial charge in [-0.15, -0.1) is 11.8 Å². The molecule has 2 aromatic rings. The van der Waals surface area contributed by atoms with Crippen molar-refractivity contribution in [3.05, 3.63) is 24.8 Å². The summed E-state index contributed by atoms with van der Waals surface area (Å²) in [6.45, 7) is 6.48. The van der Waals surface area contributed by atoms with Crippen LogP contribution in [0.4, 0.5) is 0 Å². The maximum atomic E-state index is 12.0. The molecule has 0 saturated heterocycles. The number of allylic oxidation sites excluding steroid dienone is 2. The highest BCUT2D eigenvalue weighted by Gasteiger charge is 2.28. The van der Waals surface area contributed by atoms with E-state index in [-0.39, 0.29) is 19.6 Å². The molecule has 0 bridgehead atoms. The number of thioether (sulfide) groups is 1. The fourth-order valence-electron chi connectivity index (χ4n) is 2.49. The van der Waals surface area contributed by atoms with Crippen LogP contribution in [-0.4, -0.2) is 50.4 Å². The van der Waals surface area contributed by atoms with E-state index in [9.17, 15) is 9.59 Å². The summed E-state index contributed by atoms with van der Waals surface area (Å²) in [6.07, 6.45) is 8.18. The molecule has 0 amide bonds. The molecule has 152 valence electrons. The molecule has 8 nitrogen and oxygen atoms in total. The number of carbonyl (C=O) groups is 2. The molecule has 0 aliphatic heterocycles. The first-order chi connectivity index (χ1) is 13.6. The summed E-state index contributed by atoms with van der Waals surface area (Å²) in [4.78, 5) is 37.0. The second-order valence-electron chi connectivity index (χ2n) is 5.86. The van der Waals surface area contributed by atoms with E-state index in [1.54, 1.807) is 44.3 Å². The molecule has 0 N–H and O–H groups in total. The van der Waals surface area contributed by atoms with Crippen molar-refractivity contribution in [1.82, 2.24) is 19.5 Å². The van der Waals surface area contributed by atoms with Gasteiger partial charge in [0.2, 0.25) is 0 Å². The molecule has 0 aliphatic carbocycles. The van der Waals surface area contributed by atoms with Gasteiger partial charge in [-0.25, -0.2) is 15.0 Å². The average Bonchev–Trinajstić information content (AvgIpc) is 3.10. The van der Waals surface area contributed by atoms with Gasteiger partial charge >= 0.3 is 11.9 Å². The van der Waals surface area contributed by atoms with Gasteiger partial charge in [0.05, 0.1) is 19.5 Å². The van der Waals surface area contributed by atoms with E-state index < -0.39 is 17.9 Å². The van der Waals surface area contributed by atoms with Gasteiger partial charge < -0.3 is 14.0 Å². The number of carbonyl (C=O) groups excluding carboxylic acids is 2. The highest BCUT2D eigenvalue weighted by atomic mass is 32.2. The maximum absolute atomic E-state index is 12.0. The van der Waals surface area contributed by atoms with Gasteiger partial charge in [0.25, 0.3) is 0 Å². The van der Waals surface area contributed by atoms with Crippen LogP contribution in [0.3, 0.4) is 0 Å². The van der Waals surface area contributed by atoms with Crippen molar-refractivity contribution in [2.24, 2.45) is 5.92 Å². The minimum Gasteiger partial charge on any atom is -0.465 e. The summed E-state index contributed by atoms with van der Waals surface area (Å²) in [7, 11) is 0. The van der Waals surface area contributed by atoms with Gasteiger partial charge in [0.15, 0.2) is 11.6 Å². The first-order valence-corrected chi connectivity index (χ1v) is 10.4. The predicted molar refractivity (Wildman–Crippen MR) is 107 cm³/mol. The van der Waals surface area contributed by atoms with Crippen molar-refractivity contribution in [2.75, 3.05) is 19.0 Å². The molecule has 0 unspecified atom stereocenters. The Kier molecular flexibility index (Phi) is 8.93. The Bertz CT molecular complexity index is 803. The standard InChI is InChI=1S/C19H26N4O4S/c1-4-11-28-17-15-16(20-12-21-17)23(13-22-15)10-8-7-9-14(18(24)26-5-2)19(25)27-6-3/h7-8,12-14H,4-6,9-11H2,1-3H3/b8-7+. The first kappa shape index (κ1) is 21.9. The van der Waals surface area contributed by atoms with E-state index in [0.717, 1.165) is 28.4 Å². The lowest BCUT2D eigenvalue weighted by Gasteiger charge is -2.12. The van der Waals surface area contributed by atoms with Gasteiger partial charge in [-0.05, 0) is 32.4 Å². The Balaban J connectivity index is 2.04. The number of imidazole rings is 1. The summed E-state index contributed by atoms with van der Waals surface area (Å²) in [5.41, 5.74) is 1.54. The topological polar surface area (TPSA) is 96.2 Å². The van der Waals surface area contributed by atoms with Gasteiger partial charge in [-0.3, -0.25) is 9.59 Å². The van der Waals surface area contributed by atoms with Crippen molar-refractivity contribution in [1.29, 1.82) is 0 Å². The van der Waals surface area contributed by atoms with E-state index in [1.807, 2.05) is 10.6 Å². The van der Waals surface area contributed by atoms with E-state index in [0.29, 0.717) is 6.54 Å². The molecule has 0 radical (unpaired) electrons. The molecule has 0 saturated carbocycles. The zero-order valence-corrected chi connectivity index (χ0v) is 17.3. The SMILES string of the molecule is CCCSc1ncnc2c1ncn2C/C=C/CC(C(=O)OCC)C(=O)OCC. The van der Waals surface area contributed by atoms with E-state index in [1.165, 1.54) is 0 Å². The Morgan fingerprint density at radius 3 is 2.46 bits per heavy atom. The lowest BCUT2D eigenvalue weighted by Crippen LogP contribution is -2.27. The lowest BCUT2D eigenvalue weighted by molar-refractivity contribution is -0.161. The fourth-order valence-corrected chi connectivity index (χ4v) is 3.29. The summed E-state index contributed by atoms with van der Waals surface area (Å²) >= 11 is 1.66. The minimum atomic E-state index is -0.949. The van der Waals surface area contributed by atoms with Crippen LogP contribution in [0, 0.1) is 5.92 Å². The summed E-state index contributed by atoms with van der Waals surface area (Å²) < 4.78 is 11.8. The van der Waals surface area contributed by atoms with Gasteiger partial charge in [0, 0.05) is 6.54 Å². The molecule has 28 heavy (non-hydrogen) atoms. The molecular formula is C19H26N4O4S. The number of aromatic nitrogens is 4. The number of ether oxygens (including phenoxy) is 2. The monoisotopic (exact) mass is 406 g/mol. The van der Waals surface area contributed by atoms with E-state index in [4.69, 9.17) is 9.47 Å². The van der Waals surface area contributed by atoms with E-state index >= 15 is 0 Å². The van der Waals surface area contributed by atoms with Crippen molar-refractivity contribution >= 4 is 34.9 Å². The average molecular weight is 407 g/mol. The largest absolute Gasteiger partial charge is 0.465 e. The molecule has 0 fully saturated rings. The third-order valence-corrected chi connectivity index (χ3v) is 4.98. The van der Waals surface area contributed by atoms with Gasteiger partial charge in [0.1, 0.15) is 16.9 Å². The Hall–Kier alpha value is -2.42. The van der Waals surface area contributed by atoms with Crippen LogP contribution < -0.4 is 0 Å². The van der Waals surface area contributed by atoms with Crippen LogP contribution in [0.5, 0.6) is 0 Å².